The zero-order valence-electron chi connectivity index (χ0n) is 11.5. The van der Waals surface area contributed by atoms with Crippen molar-refractivity contribution in [3.8, 4) is 0 Å². The Morgan fingerprint density at radius 2 is 2.37 bits per heavy atom. The first-order valence-corrected chi connectivity index (χ1v) is 6.74. The van der Waals surface area contributed by atoms with Gasteiger partial charge in [0.1, 0.15) is 10.7 Å². The van der Waals surface area contributed by atoms with Gasteiger partial charge < -0.3 is 14.6 Å². The fourth-order valence-electron chi connectivity index (χ4n) is 2.46. The van der Waals surface area contributed by atoms with E-state index in [4.69, 9.17) is 4.42 Å². The van der Waals surface area contributed by atoms with E-state index in [0.717, 1.165) is 19.6 Å². The summed E-state index contributed by atoms with van der Waals surface area (Å²) in [5.74, 6) is 1.08. The molecule has 0 saturated carbocycles. The average molecular weight is 267 g/mol. The van der Waals surface area contributed by atoms with Gasteiger partial charge in [0, 0.05) is 12.6 Å². The highest BCUT2D eigenvalue weighted by molar-refractivity contribution is 5.17. The Morgan fingerprint density at radius 1 is 1.58 bits per heavy atom. The highest BCUT2D eigenvalue weighted by atomic mass is 16.6. The van der Waals surface area contributed by atoms with Crippen LogP contribution in [-0.2, 0) is 6.54 Å². The van der Waals surface area contributed by atoms with Crippen molar-refractivity contribution in [1.29, 1.82) is 0 Å². The number of likely N-dealkylation sites (tertiary alicyclic amines) is 1. The Bertz CT molecular complexity index is 431. The highest BCUT2D eigenvalue weighted by Crippen LogP contribution is 2.18. The first kappa shape index (κ1) is 14.0. The maximum Gasteiger partial charge on any atom is 0.433 e. The molecule has 1 fully saturated rings. The van der Waals surface area contributed by atoms with Gasteiger partial charge in [-0.3, -0.25) is 10.1 Å². The molecule has 19 heavy (non-hydrogen) atoms. The number of furan rings is 1. The minimum atomic E-state index is -0.513. The van der Waals surface area contributed by atoms with Gasteiger partial charge in [-0.2, -0.15) is 0 Å². The molecule has 1 N–H and O–H groups in total. The first-order chi connectivity index (χ1) is 9.06. The molecule has 1 aliphatic heterocycles. The van der Waals surface area contributed by atoms with Crippen molar-refractivity contribution in [2.24, 2.45) is 5.92 Å². The van der Waals surface area contributed by atoms with Crippen LogP contribution in [0.4, 0.5) is 5.88 Å². The Kier molecular flexibility index (Phi) is 4.55. The topological polar surface area (TPSA) is 71.5 Å². The van der Waals surface area contributed by atoms with Gasteiger partial charge in [-0.05, 0) is 45.3 Å². The number of hydrogen-bond acceptors (Lipinski definition) is 5. The van der Waals surface area contributed by atoms with E-state index in [9.17, 15) is 10.1 Å². The van der Waals surface area contributed by atoms with Crippen molar-refractivity contribution in [2.75, 3.05) is 19.6 Å². The molecule has 0 radical (unpaired) electrons. The van der Waals surface area contributed by atoms with Crippen molar-refractivity contribution in [1.82, 2.24) is 10.2 Å². The second-order valence-corrected chi connectivity index (χ2v) is 5.37. The summed E-state index contributed by atoms with van der Waals surface area (Å²) in [6.45, 7) is 8.21. The fourth-order valence-corrected chi connectivity index (χ4v) is 2.46. The molecule has 0 aliphatic carbocycles. The van der Waals surface area contributed by atoms with E-state index in [-0.39, 0.29) is 5.88 Å². The van der Waals surface area contributed by atoms with Crippen molar-refractivity contribution in [3.05, 3.63) is 28.0 Å². The lowest BCUT2D eigenvalue weighted by molar-refractivity contribution is -0.402. The quantitative estimate of drug-likeness (QED) is 0.630. The molecule has 0 spiro atoms. The molecule has 2 heterocycles. The van der Waals surface area contributed by atoms with Crippen LogP contribution in [0.2, 0.25) is 0 Å². The summed E-state index contributed by atoms with van der Waals surface area (Å²) in [5.41, 5.74) is 0. The highest BCUT2D eigenvalue weighted by Gasteiger charge is 2.23. The van der Waals surface area contributed by atoms with Gasteiger partial charge >= 0.3 is 5.88 Å². The van der Waals surface area contributed by atoms with Gasteiger partial charge in [0.25, 0.3) is 0 Å². The lowest BCUT2D eigenvalue weighted by atomic mass is 10.1. The fraction of sp³-hybridized carbons (Fsp3) is 0.692. The van der Waals surface area contributed by atoms with E-state index >= 15 is 0 Å². The molecule has 0 amide bonds. The molecule has 1 atom stereocenters. The van der Waals surface area contributed by atoms with Crippen LogP contribution in [0.1, 0.15) is 26.0 Å². The molecular weight excluding hydrogens is 246 g/mol. The van der Waals surface area contributed by atoms with Gasteiger partial charge in [0.15, 0.2) is 0 Å². The van der Waals surface area contributed by atoms with Crippen molar-refractivity contribution >= 4 is 5.88 Å². The van der Waals surface area contributed by atoms with E-state index in [1.165, 1.54) is 12.5 Å². The van der Waals surface area contributed by atoms with E-state index in [2.05, 4.69) is 24.1 Å². The van der Waals surface area contributed by atoms with E-state index < -0.39 is 4.92 Å². The second-order valence-electron chi connectivity index (χ2n) is 5.37. The Hall–Kier alpha value is -1.40. The summed E-state index contributed by atoms with van der Waals surface area (Å²) >= 11 is 0. The number of nitro groups is 1. The maximum atomic E-state index is 10.5. The largest absolute Gasteiger partial charge is 0.433 e. The minimum Gasteiger partial charge on any atom is -0.404 e. The molecule has 0 aromatic carbocycles. The normalized spacial score (nSPS) is 20.3. The second kappa shape index (κ2) is 6.16. The zero-order chi connectivity index (χ0) is 13.8. The Morgan fingerprint density at radius 3 is 2.95 bits per heavy atom. The number of hydrogen-bond donors (Lipinski definition) is 1. The van der Waals surface area contributed by atoms with Crippen molar-refractivity contribution in [2.45, 2.75) is 32.9 Å². The Labute approximate surface area is 112 Å². The molecule has 1 aromatic rings. The van der Waals surface area contributed by atoms with Crippen LogP contribution < -0.4 is 5.32 Å². The summed E-state index contributed by atoms with van der Waals surface area (Å²) in [7, 11) is 0. The van der Waals surface area contributed by atoms with Crippen LogP contribution in [0.5, 0.6) is 0 Å². The van der Waals surface area contributed by atoms with Crippen LogP contribution in [0.15, 0.2) is 16.5 Å². The third kappa shape index (κ3) is 3.78. The predicted molar refractivity (Wildman–Crippen MR) is 71.9 cm³/mol. The summed E-state index contributed by atoms with van der Waals surface area (Å²) in [6.07, 6.45) is 1.21. The smallest absolute Gasteiger partial charge is 0.404 e. The lowest BCUT2D eigenvalue weighted by Gasteiger charge is -2.20. The van der Waals surface area contributed by atoms with Gasteiger partial charge in [-0.15, -0.1) is 0 Å². The molecule has 1 saturated heterocycles. The molecular formula is C13H21N3O3. The van der Waals surface area contributed by atoms with Gasteiger partial charge in [-0.1, -0.05) is 0 Å². The van der Waals surface area contributed by atoms with Gasteiger partial charge in [-0.25, -0.2) is 0 Å². The van der Waals surface area contributed by atoms with Crippen molar-refractivity contribution < 1.29 is 9.34 Å². The molecule has 1 aromatic heterocycles. The Balaban J connectivity index is 1.70. The SMILES string of the molecule is CC(C)N1CCC(CNCc2ccc([N+](=O)[O-])o2)C1. The lowest BCUT2D eigenvalue weighted by Crippen LogP contribution is -2.30. The van der Waals surface area contributed by atoms with Crippen LogP contribution in [0, 0.1) is 16.0 Å². The summed E-state index contributed by atoms with van der Waals surface area (Å²) < 4.78 is 5.10. The molecule has 6 nitrogen and oxygen atoms in total. The van der Waals surface area contributed by atoms with Gasteiger partial charge in [0.2, 0.25) is 0 Å². The molecule has 6 heteroatoms. The van der Waals surface area contributed by atoms with Crippen molar-refractivity contribution in [3.63, 3.8) is 0 Å². The maximum absolute atomic E-state index is 10.5. The predicted octanol–water partition coefficient (Wildman–Crippen LogP) is 2.01. The molecule has 0 bridgehead atoms. The number of nitrogens with one attached hydrogen (secondary N) is 1. The van der Waals surface area contributed by atoms with E-state index in [1.54, 1.807) is 6.07 Å². The summed E-state index contributed by atoms with van der Waals surface area (Å²) in [6, 6.07) is 3.66. The summed E-state index contributed by atoms with van der Waals surface area (Å²) in [5, 5.41) is 13.8. The van der Waals surface area contributed by atoms with Crippen LogP contribution in [0.25, 0.3) is 0 Å². The van der Waals surface area contributed by atoms with Crippen LogP contribution in [-0.4, -0.2) is 35.5 Å². The van der Waals surface area contributed by atoms with E-state index in [0.29, 0.717) is 24.3 Å². The van der Waals surface area contributed by atoms with Crippen LogP contribution >= 0.6 is 0 Å². The number of rotatable bonds is 6. The molecule has 106 valence electrons. The first-order valence-electron chi connectivity index (χ1n) is 6.74. The third-order valence-corrected chi connectivity index (χ3v) is 3.61. The number of nitrogens with zero attached hydrogens (tertiary/aromatic N) is 2. The molecule has 2 rings (SSSR count). The molecule has 1 aliphatic rings. The van der Waals surface area contributed by atoms with Crippen LogP contribution in [0.3, 0.4) is 0 Å². The molecule has 1 unspecified atom stereocenters. The van der Waals surface area contributed by atoms with E-state index in [1.807, 2.05) is 0 Å². The minimum absolute atomic E-state index is 0.191. The van der Waals surface area contributed by atoms with Gasteiger partial charge in [0.05, 0.1) is 12.6 Å². The standard InChI is InChI=1S/C13H21N3O3/c1-10(2)15-6-5-11(9-15)7-14-8-12-3-4-13(19-12)16(17)18/h3-4,10-11,14H,5-9H2,1-2H3. The summed E-state index contributed by atoms with van der Waals surface area (Å²) in [4.78, 5) is 12.4. The third-order valence-electron chi connectivity index (χ3n) is 3.61. The average Bonchev–Trinajstić information content (AvgIpc) is 2.97. The zero-order valence-corrected chi connectivity index (χ0v) is 11.5. The monoisotopic (exact) mass is 267 g/mol.